The Morgan fingerprint density at radius 3 is 2.88 bits per heavy atom. The summed E-state index contributed by atoms with van der Waals surface area (Å²) < 4.78 is 4.89. The predicted octanol–water partition coefficient (Wildman–Crippen LogP) is 1.34. The third-order valence-corrected chi connectivity index (χ3v) is 2.26. The van der Waals surface area contributed by atoms with Crippen molar-refractivity contribution in [2.45, 2.75) is 13.3 Å². The molecule has 0 aliphatic heterocycles. The standard InChI is InChI=1S/C12H18N2O2/c1-9-4-5-10(11(13)8-9)12(15)14-6-3-7-16-2/h4-5,8H,3,6-7,13H2,1-2H3,(H,14,15). The number of nitrogen functional groups attached to an aromatic ring is 1. The highest BCUT2D eigenvalue weighted by Gasteiger charge is 2.08. The molecule has 0 unspecified atom stereocenters. The van der Waals surface area contributed by atoms with Crippen LogP contribution in [0.1, 0.15) is 22.3 Å². The van der Waals surface area contributed by atoms with Crippen molar-refractivity contribution in [3.63, 3.8) is 0 Å². The van der Waals surface area contributed by atoms with Crippen molar-refractivity contribution in [3.05, 3.63) is 29.3 Å². The molecule has 0 radical (unpaired) electrons. The van der Waals surface area contributed by atoms with Crippen LogP contribution in [-0.4, -0.2) is 26.2 Å². The smallest absolute Gasteiger partial charge is 0.253 e. The number of rotatable bonds is 5. The first-order valence-corrected chi connectivity index (χ1v) is 5.28. The average Bonchev–Trinajstić information content (AvgIpc) is 2.24. The minimum atomic E-state index is -0.131. The molecule has 16 heavy (non-hydrogen) atoms. The largest absolute Gasteiger partial charge is 0.398 e. The first-order valence-electron chi connectivity index (χ1n) is 5.28. The number of hydrogen-bond donors (Lipinski definition) is 2. The third-order valence-electron chi connectivity index (χ3n) is 2.26. The van der Waals surface area contributed by atoms with Crippen molar-refractivity contribution in [3.8, 4) is 0 Å². The molecule has 1 aromatic carbocycles. The van der Waals surface area contributed by atoms with Crippen LogP contribution >= 0.6 is 0 Å². The van der Waals surface area contributed by atoms with E-state index in [2.05, 4.69) is 5.32 Å². The first kappa shape index (κ1) is 12.5. The summed E-state index contributed by atoms with van der Waals surface area (Å²) in [5.74, 6) is -0.131. The van der Waals surface area contributed by atoms with Crippen LogP contribution in [0, 0.1) is 6.92 Å². The van der Waals surface area contributed by atoms with Gasteiger partial charge in [-0.3, -0.25) is 4.79 Å². The van der Waals surface area contributed by atoms with Gasteiger partial charge in [-0.2, -0.15) is 0 Å². The summed E-state index contributed by atoms with van der Waals surface area (Å²) in [5.41, 5.74) is 7.87. The lowest BCUT2D eigenvalue weighted by Gasteiger charge is -2.07. The Kier molecular flexibility index (Phi) is 4.79. The number of nitrogens with two attached hydrogens (primary N) is 1. The molecule has 1 amide bonds. The lowest BCUT2D eigenvalue weighted by atomic mass is 10.1. The molecule has 0 spiro atoms. The van der Waals surface area contributed by atoms with Gasteiger partial charge in [0.05, 0.1) is 5.56 Å². The summed E-state index contributed by atoms with van der Waals surface area (Å²) in [4.78, 5) is 11.7. The molecule has 88 valence electrons. The highest BCUT2D eigenvalue weighted by atomic mass is 16.5. The van der Waals surface area contributed by atoms with Gasteiger partial charge < -0.3 is 15.8 Å². The van der Waals surface area contributed by atoms with Crippen molar-refractivity contribution in [2.75, 3.05) is 26.0 Å². The molecule has 3 N–H and O–H groups in total. The molecule has 1 aromatic rings. The molecule has 0 aliphatic rings. The van der Waals surface area contributed by atoms with E-state index in [9.17, 15) is 4.79 Å². The maximum atomic E-state index is 11.7. The van der Waals surface area contributed by atoms with Gasteiger partial charge in [0, 0.05) is 25.9 Å². The maximum Gasteiger partial charge on any atom is 0.253 e. The zero-order chi connectivity index (χ0) is 12.0. The number of carbonyl (C=O) groups excluding carboxylic acids is 1. The molecule has 4 nitrogen and oxygen atoms in total. The van der Waals surface area contributed by atoms with Crippen molar-refractivity contribution in [1.82, 2.24) is 5.32 Å². The fraction of sp³-hybridized carbons (Fsp3) is 0.417. The van der Waals surface area contributed by atoms with Gasteiger partial charge in [0.15, 0.2) is 0 Å². The second kappa shape index (κ2) is 6.12. The molecular weight excluding hydrogens is 204 g/mol. The number of methoxy groups -OCH3 is 1. The Morgan fingerprint density at radius 2 is 2.25 bits per heavy atom. The highest BCUT2D eigenvalue weighted by Crippen LogP contribution is 2.13. The van der Waals surface area contributed by atoms with Crippen LogP contribution < -0.4 is 11.1 Å². The number of amides is 1. The molecule has 0 heterocycles. The lowest BCUT2D eigenvalue weighted by Crippen LogP contribution is -2.26. The van der Waals surface area contributed by atoms with Crippen LogP contribution in [-0.2, 0) is 4.74 Å². The fourth-order valence-electron chi connectivity index (χ4n) is 1.40. The maximum absolute atomic E-state index is 11.7. The Balaban J connectivity index is 2.53. The van der Waals surface area contributed by atoms with Crippen molar-refractivity contribution in [2.24, 2.45) is 0 Å². The Hall–Kier alpha value is -1.55. The Labute approximate surface area is 95.8 Å². The Bertz CT molecular complexity index is 364. The Morgan fingerprint density at radius 1 is 1.50 bits per heavy atom. The van der Waals surface area contributed by atoms with Crippen LogP contribution in [0.3, 0.4) is 0 Å². The summed E-state index contributed by atoms with van der Waals surface area (Å²) in [7, 11) is 1.64. The minimum Gasteiger partial charge on any atom is -0.398 e. The summed E-state index contributed by atoms with van der Waals surface area (Å²) in [6.45, 7) is 3.18. The van der Waals surface area contributed by atoms with Crippen LogP contribution in [0.4, 0.5) is 5.69 Å². The second-order valence-electron chi connectivity index (χ2n) is 3.69. The van der Waals surface area contributed by atoms with Crippen LogP contribution in [0.25, 0.3) is 0 Å². The molecule has 4 heteroatoms. The quantitative estimate of drug-likeness (QED) is 0.583. The summed E-state index contributed by atoms with van der Waals surface area (Å²) in [5, 5.41) is 2.80. The number of carbonyl (C=O) groups is 1. The molecule has 0 fully saturated rings. The van der Waals surface area contributed by atoms with E-state index in [1.54, 1.807) is 19.2 Å². The van der Waals surface area contributed by atoms with Crippen LogP contribution in [0.5, 0.6) is 0 Å². The minimum absolute atomic E-state index is 0.131. The topological polar surface area (TPSA) is 64.3 Å². The number of ether oxygens (including phenoxy) is 1. The number of hydrogen-bond acceptors (Lipinski definition) is 3. The van der Waals surface area contributed by atoms with Gasteiger partial charge in [0.1, 0.15) is 0 Å². The van der Waals surface area contributed by atoms with Gasteiger partial charge in [0.25, 0.3) is 5.91 Å². The predicted molar refractivity (Wildman–Crippen MR) is 64.4 cm³/mol. The van der Waals surface area contributed by atoms with E-state index in [0.717, 1.165) is 12.0 Å². The van der Waals surface area contributed by atoms with Crippen molar-refractivity contribution in [1.29, 1.82) is 0 Å². The fourth-order valence-corrected chi connectivity index (χ4v) is 1.40. The van der Waals surface area contributed by atoms with E-state index >= 15 is 0 Å². The SMILES string of the molecule is COCCCNC(=O)c1ccc(C)cc1N. The average molecular weight is 222 g/mol. The molecule has 0 aromatic heterocycles. The number of anilines is 1. The molecule has 0 aliphatic carbocycles. The van der Waals surface area contributed by atoms with E-state index in [-0.39, 0.29) is 5.91 Å². The van der Waals surface area contributed by atoms with Gasteiger partial charge in [0.2, 0.25) is 0 Å². The monoisotopic (exact) mass is 222 g/mol. The van der Waals surface area contributed by atoms with Gasteiger partial charge in [-0.25, -0.2) is 0 Å². The van der Waals surface area contributed by atoms with E-state index in [1.165, 1.54) is 0 Å². The van der Waals surface area contributed by atoms with Gasteiger partial charge in [-0.15, -0.1) is 0 Å². The number of benzene rings is 1. The van der Waals surface area contributed by atoms with E-state index in [0.29, 0.717) is 24.4 Å². The van der Waals surface area contributed by atoms with E-state index < -0.39 is 0 Å². The number of nitrogens with one attached hydrogen (secondary N) is 1. The lowest BCUT2D eigenvalue weighted by molar-refractivity contribution is 0.0949. The molecule has 0 saturated carbocycles. The van der Waals surface area contributed by atoms with E-state index in [1.807, 2.05) is 13.0 Å². The zero-order valence-electron chi connectivity index (χ0n) is 9.75. The summed E-state index contributed by atoms with van der Waals surface area (Å²) in [6, 6.07) is 5.42. The molecular formula is C12H18N2O2. The van der Waals surface area contributed by atoms with E-state index in [4.69, 9.17) is 10.5 Å². The summed E-state index contributed by atoms with van der Waals surface area (Å²) in [6.07, 6.45) is 0.800. The van der Waals surface area contributed by atoms with Crippen LogP contribution in [0.15, 0.2) is 18.2 Å². The summed E-state index contributed by atoms with van der Waals surface area (Å²) >= 11 is 0. The first-order chi connectivity index (χ1) is 7.65. The van der Waals surface area contributed by atoms with Crippen molar-refractivity contribution >= 4 is 11.6 Å². The third kappa shape index (κ3) is 3.55. The van der Waals surface area contributed by atoms with Gasteiger partial charge in [-0.05, 0) is 31.0 Å². The van der Waals surface area contributed by atoms with Crippen LogP contribution in [0.2, 0.25) is 0 Å². The number of aryl methyl sites for hydroxylation is 1. The second-order valence-corrected chi connectivity index (χ2v) is 3.69. The van der Waals surface area contributed by atoms with Gasteiger partial charge >= 0.3 is 0 Å². The van der Waals surface area contributed by atoms with Crippen molar-refractivity contribution < 1.29 is 9.53 Å². The normalized spacial score (nSPS) is 10.1. The van der Waals surface area contributed by atoms with Gasteiger partial charge in [-0.1, -0.05) is 6.07 Å². The molecule has 0 saturated heterocycles. The zero-order valence-corrected chi connectivity index (χ0v) is 9.75. The highest BCUT2D eigenvalue weighted by molar-refractivity contribution is 5.99. The molecule has 0 bridgehead atoms. The molecule has 0 atom stereocenters. The molecule has 1 rings (SSSR count).